The Labute approximate surface area is 82.9 Å². The van der Waals surface area contributed by atoms with E-state index in [-0.39, 0.29) is 19.0 Å². The van der Waals surface area contributed by atoms with Gasteiger partial charge in [0, 0.05) is 17.3 Å². The van der Waals surface area contributed by atoms with Crippen molar-refractivity contribution in [3.8, 4) is 5.75 Å². The molecule has 0 atom stereocenters. The Hall–Kier alpha value is -1.13. The summed E-state index contributed by atoms with van der Waals surface area (Å²) in [5.41, 5.74) is 1.43. The van der Waals surface area contributed by atoms with Gasteiger partial charge >= 0.3 is 0 Å². The molecule has 4 heteroatoms. The predicted molar refractivity (Wildman–Crippen MR) is 51.7 cm³/mol. The van der Waals surface area contributed by atoms with Gasteiger partial charge in [-0.1, -0.05) is 13.3 Å². The predicted octanol–water partition coefficient (Wildman–Crippen LogP) is 0.724. The Morgan fingerprint density at radius 1 is 1.29 bits per heavy atom. The summed E-state index contributed by atoms with van der Waals surface area (Å²) in [6.45, 7) is 1.49. The summed E-state index contributed by atoms with van der Waals surface area (Å²) in [5, 5.41) is 27.7. The number of aryl methyl sites for hydroxylation is 1. The Kier molecular flexibility index (Phi) is 3.85. The lowest BCUT2D eigenvalue weighted by Gasteiger charge is -2.10. The molecule has 0 aromatic carbocycles. The zero-order chi connectivity index (χ0) is 10.6. The van der Waals surface area contributed by atoms with Gasteiger partial charge < -0.3 is 15.3 Å². The molecule has 0 fully saturated rings. The van der Waals surface area contributed by atoms with E-state index in [1.807, 2.05) is 6.92 Å². The number of rotatable bonds is 4. The molecule has 0 saturated carbocycles. The number of aromatic nitrogens is 1. The fraction of sp³-hybridized carbons (Fsp3) is 0.500. The minimum atomic E-state index is -0.277. The molecule has 78 valence electrons. The molecule has 0 aliphatic heterocycles. The zero-order valence-electron chi connectivity index (χ0n) is 8.19. The van der Waals surface area contributed by atoms with Crippen LogP contribution in [0, 0.1) is 0 Å². The molecule has 0 aliphatic carbocycles. The van der Waals surface area contributed by atoms with Crippen molar-refractivity contribution in [2.75, 3.05) is 0 Å². The van der Waals surface area contributed by atoms with E-state index in [9.17, 15) is 5.11 Å². The molecule has 1 aromatic heterocycles. The third kappa shape index (κ3) is 2.02. The van der Waals surface area contributed by atoms with E-state index >= 15 is 0 Å². The number of hydrogen-bond acceptors (Lipinski definition) is 4. The largest absolute Gasteiger partial charge is 0.506 e. The number of aliphatic hydroxyl groups excluding tert-OH is 2. The van der Waals surface area contributed by atoms with Crippen LogP contribution in [0.1, 0.15) is 30.2 Å². The monoisotopic (exact) mass is 197 g/mol. The third-order valence-electron chi connectivity index (χ3n) is 2.14. The number of nitrogens with zero attached hydrogens (tertiary/aromatic N) is 1. The molecular weight excluding hydrogens is 182 g/mol. The average Bonchev–Trinajstić information content (AvgIpc) is 2.21. The lowest BCUT2D eigenvalue weighted by atomic mass is 10.1. The molecule has 0 amide bonds. The van der Waals surface area contributed by atoms with Crippen LogP contribution in [0.3, 0.4) is 0 Å². The average molecular weight is 197 g/mol. The Morgan fingerprint density at radius 3 is 2.50 bits per heavy atom. The number of hydrogen-bond donors (Lipinski definition) is 3. The maximum Gasteiger partial charge on any atom is 0.142 e. The van der Waals surface area contributed by atoms with Crippen LogP contribution < -0.4 is 0 Å². The summed E-state index contributed by atoms with van der Waals surface area (Å²) in [6, 6.07) is 0. The quantitative estimate of drug-likeness (QED) is 0.665. The summed E-state index contributed by atoms with van der Waals surface area (Å²) >= 11 is 0. The summed E-state index contributed by atoms with van der Waals surface area (Å²) in [5.74, 6) is 0.0147. The lowest BCUT2D eigenvalue weighted by Crippen LogP contribution is -2.00. The maximum atomic E-state index is 9.70. The number of aliphatic hydroxyl groups is 2. The second-order valence-corrected chi connectivity index (χ2v) is 3.12. The van der Waals surface area contributed by atoms with Crippen LogP contribution in [0.4, 0.5) is 0 Å². The highest BCUT2D eigenvalue weighted by Gasteiger charge is 2.11. The van der Waals surface area contributed by atoms with Gasteiger partial charge in [-0.25, -0.2) is 0 Å². The Balaban J connectivity index is 3.13. The van der Waals surface area contributed by atoms with Crippen molar-refractivity contribution in [2.24, 2.45) is 0 Å². The number of aromatic hydroxyl groups is 1. The van der Waals surface area contributed by atoms with Crippen LogP contribution in [0.15, 0.2) is 6.20 Å². The van der Waals surface area contributed by atoms with Crippen LogP contribution >= 0.6 is 0 Å². The van der Waals surface area contributed by atoms with Crippen LogP contribution in [-0.4, -0.2) is 20.3 Å². The summed E-state index contributed by atoms with van der Waals surface area (Å²) in [7, 11) is 0. The van der Waals surface area contributed by atoms with Gasteiger partial charge in [0.05, 0.1) is 18.9 Å². The van der Waals surface area contributed by atoms with Crippen molar-refractivity contribution in [1.29, 1.82) is 0 Å². The van der Waals surface area contributed by atoms with Gasteiger partial charge in [0.15, 0.2) is 0 Å². The van der Waals surface area contributed by atoms with E-state index in [1.165, 1.54) is 6.20 Å². The van der Waals surface area contributed by atoms with Crippen molar-refractivity contribution in [2.45, 2.75) is 33.0 Å². The summed E-state index contributed by atoms with van der Waals surface area (Å²) in [4.78, 5) is 4.03. The van der Waals surface area contributed by atoms with Gasteiger partial charge in [-0.15, -0.1) is 0 Å². The lowest BCUT2D eigenvalue weighted by molar-refractivity contribution is 0.254. The molecule has 0 unspecified atom stereocenters. The second kappa shape index (κ2) is 4.93. The van der Waals surface area contributed by atoms with Crippen LogP contribution in [-0.2, 0) is 19.6 Å². The maximum absolute atomic E-state index is 9.70. The molecule has 14 heavy (non-hydrogen) atoms. The molecule has 0 radical (unpaired) electrons. The van der Waals surface area contributed by atoms with Crippen LogP contribution in [0.2, 0.25) is 0 Å². The smallest absolute Gasteiger partial charge is 0.142 e. The number of pyridine rings is 1. The molecule has 0 saturated heterocycles. The molecule has 0 spiro atoms. The third-order valence-corrected chi connectivity index (χ3v) is 2.14. The van der Waals surface area contributed by atoms with Gasteiger partial charge in [0.1, 0.15) is 5.75 Å². The highest BCUT2D eigenvalue weighted by Crippen LogP contribution is 2.25. The highest BCUT2D eigenvalue weighted by atomic mass is 16.3. The topological polar surface area (TPSA) is 73.6 Å². The normalized spacial score (nSPS) is 10.5. The molecule has 3 N–H and O–H groups in total. The summed E-state index contributed by atoms with van der Waals surface area (Å²) in [6.07, 6.45) is 3.05. The first-order valence-corrected chi connectivity index (χ1v) is 4.64. The molecule has 1 heterocycles. The molecule has 0 bridgehead atoms. The van der Waals surface area contributed by atoms with E-state index < -0.39 is 0 Å². The van der Waals surface area contributed by atoms with Crippen LogP contribution in [0.25, 0.3) is 0 Å². The van der Waals surface area contributed by atoms with E-state index in [1.54, 1.807) is 0 Å². The van der Waals surface area contributed by atoms with Crippen molar-refractivity contribution in [1.82, 2.24) is 4.98 Å². The fourth-order valence-corrected chi connectivity index (χ4v) is 1.35. The SMILES string of the molecule is CCCc1ncc(CO)c(CO)c1O. The molecule has 1 rings (SSSR count). The van der Waals surface area contributed by atoms with E-state index in [0.717, 1.165) is 6.42 Å². The van der Waals surface area contributed by atoms with E-state index in [2.05, 4.69) is 4.98 Å². The molecular formula is C10H15NO3. The van der Waals surface area contributed by atoms with E-state index in [4.69, 9.17) is 10.2 Å². The van der Waals surface area contributed by atoms with Gasteiger partial charge in [0.25, 0.3) is 0 Å². The van der Waals surface area contributed by atoms with Gasteiger partial charge in [0.2, 0.25) is 0 Å². The second-order valence-electron chi connectivity index (χ2n) is 3.12. The standard InChI is InChI=1S/C10H15NO3/c1-2-3-9-10(14)8(6-13)7(5-12)4-11-9/h4,12-14H,2-3,5-6H2,1H3. The van der Waals surface area contributed by atoms with Crippen molar-refractivity contribution in [3.63, 3.8) is 0 Å². The first-order valence-electron chi connectivity index (χ1n) is 4.64. The van der Waals surface area contributed by atoms with Gasteiger partial charge in [-0.3, -0.25) is 4.98 Å². The summed E-state index contributed by atoms with van der Waals surface area (Å²) < 4.78 is 0. The molecule has 1 aromatic rings. The molecule has 4 nitrogen and oxygen atoms in total. The fourth-order valence-electron chi connectivity index (χ4n) is 1.35. The zero-order valence-corrected chi connectivity index (χ0v) is 8.19. The van der Waals surface area contributed by atoms with Crippen LogP contribution in [0.5, 0.6) is 5.75 Å². The molecule has 0 aliphatic rings. The minimum absolute atomic E-state index is 0.0147. The van der Waals surface area contributed by atoms with Crippen molar-refractivity contribution < 1.29 is 15.3 Å². The van der Waals surface area contributed by atoms with Crippen molar-refractivity contribution in [3.05, 3.63) is 23.0 Å². The van der Waals surface area contributed by atoms with Gasteiger partial charge in [-0.2, -0.15) is 0 Å². The van der Waals surface area contributed by atoms with E-state index in [0.29, 0.717) is 23.2 Å². The van der Waals surface area contributed by atoms with Gasteiger partial charge in [-0.05, 0) is 6.42 Å². The first-order chi connectivity index (χ1) is 6.74. The first kappa shape index (κ1) is 10.9. The van der Waals surface area contributed by atoms with Crippen molar-refractivity contribution >= 4 is 0 Å². The highest BCUT2D eigenvalue weighted by molar-refractivity contribution is 5.40. The Bertz CT molecular complexity index is 312. The Morgan fingerprint density at radius 2 is 2.00 bits per heavy atom. The minimum Gasteiger partial charge on any atom is -0.506 e.